The van der Waals surface area contributed by atoms with Gasteiger partial charge >= 0.3 is 0 Å². The van der Waals surface area contributed by atoms with Crippen LogP contribution in [0, 0.1) is 11.3 Å². The van der Waals surface area contributed by atoms with E-state index in [-0.39, 0.29) is 11.5 Å². The van der Waals surface area contributed by atoms with E-state index in [1.807, 2.05) is 10.9 Å². The van der Waals surface area contributed by atoms with Crippen molar-refractivity contribution in [3.63, 3.8) is 0 Å². The molecule has 0 radical (unpaired) electrons. The molecule has 0 aliphatic carbocycles. The van der Waals surface area contributed by atoms with Crippen LogP contribution in [0.4, 0.5) is 0 Å². The van der Waals surface area contributed by atoms with E-state index in [1.54, 1.807) is 11.3 Å². The number of rotatable bonds is 2. The first-order chi connectivity index (χ1) is 5.93. The Morgan fingerprint density at radius 2 is 2.08 bits per heavy atom. The monoisotopic (exact) mass is 198 g/mol. The summed E-state index contributed by atoms with van der Waals surface area (Å²) in [7, 11) is 0. The molecule has 2 N–H and O–H groups in total. The molecule has 0 saturated carbocycles. The molecule has 13 heavy (non-hydrogen) atoms. The van der Waals surface area contributed by atoms with Crippen molar-refractivity contribution in [3.8, 4) is 0 Å². The van der Waals surface area contributed by atoms with Gasteiger partial charge < -0.3 is 5.73 Å². The van der Waals surface area contributed by atoms with Gasteiger partial charge in [-0.05, 0) is 11.3 Å². The third kappa shape index (κ3) is 2.51. The molecule has 0 saturated heterocycles. The van der Waals surface area contributed by atoms with Crippen molar-refractivity contribution >= 4 is 11.3 Å². The van der Waals surface area contributed by atoms with Crippen molar-refractivity contribution in [2.75, 3.05) is 0 Å². The summed E-state index contributed by atoms with van der Waals surface area (Å²) in [6.45, 7) is 8.82. The van der Waals surface area contributed by atoms with Gasteiger partial charge in [-0.1, -0.05) is 27.7 Å². The summed E-state index contributed by atoms with van der Waals surface area (Å²) in [4.78, 5) is 4.24. The quantitative estimate of drug-likeness (QED) is 0.793. The van der Waals surface area contributed by atoms with Gasteiger partial charge in [0, 0.05) is 5.38 Å². The van der Waals surface area contributed by atoms with Crippen LogP contribution in [0.1, 0.15) is 39.4 Å². The molecule has 0 bridgehead atoms. The van der Waals surface area contributed by atoms with Crippen molar-refractivity contribution < 1.29 is 0 Å². The molecule has 74 valence electrons. The molecular weight excluding hydrogens is 180 g/mol. The predicted molar refractivity (Wildman–Crippen MR) is 57.7 cm³/mol. The van der Waals surface area contributed by atoms with Crippen molar-refractivity contribution in [3.05, 3.63) is 16.6 Å². The van der Waals surface area contributed by atoms with Crippen molar-refractivity contribution in [2.24, 2.45) is 17.1 Å². The van der Waals surface area contributed by atoms with Gasteiger partial charge in [0.15, 0.2) is 0 Å². The van der Waals surface area contributed by atoms with E-state index in [2.05, 4.69) is 32.7 Å². The first-order valence-electron chi connectivity index (χ1n) is 4.56. The van der Waals surface area contributed by atoms with E-state index < -0.39 is 0 Å². The Labute approximate surface area is 84.2 Å². The van der Waals surface area contributed by atoms with Gasteiger partial charge in [-0.3, -0.25) is 0 Å². The minimum atomic E-state index is 0.0613. The smallest absolute Gasteiger partial charge is 0.0795 e. The molecule has 2 atom stereocenters. The van der Waals surface area contributed by atoms with E-state index in [1.165, 1.54) is 0 Å². The van der Waals surface area contributed by atoms with Gasteiger partial charge in [-0.2, -0.15) is 0 Å². The number of nitrogens with two attached hydrogens (primary N) is 1. The molecule has 3 heteroatoms. The zero-order valence-corrected chi connectivity index (χ0v) is 9.56. The van der Waals surface area contributed by atoms with Crippen LogP contribution >= 0.6 is 11.3 Å². The molecular formula is C10H18N2S. The summed E-state index contributed by atoms with van der Waals surface area (Å²) in [6, 6.07) is 0.0613. The lowest BCUT2D eigenvalue weighted by molar-refractivity contribution is 0.220. The number of hydrogen-bond donors (Lipinski definition) is 1. The van der Waals surface area contributed by atoms with E-state index in [9.17, 15) is 0 Å². The molecule has 0 aliphatic rings. The topological polar surface area (TPSA) is 38.9 Å². The maximum atomic E-state index is 6.11. The first kappa shape index (κ1) is 10.7. The van der Waals surface area contributed by atoms with Gasteiger partial charge in [-0.25, -0.2) is 4.98 Å². The van der Waals surface area contributed by atoms with E-state index in [0.717, 1.165) is 5.69 Å². The highest BCUT2D eigenvalue weighted by Gasteiger charge is 2.27. The Morgan fingerprint density at radius 1 is 1.46 bits per heavy atom. The maximum absolute atomic E-state index is 6.11. The van der Waals surface area contributed by atoms with Crippen molar-refractivity contribution in [1.82, 2.24) is 4.98 Å². The van der Waals surface area contributed by atoms with Gasteiger partial charge in [0.1, 0.15) is 0 Å². The summed E-state index contributed by atoms with van der Waals surface area (Å²) >= 11 is 1.60. The molecule has 0 amide bonds. The molecule has 0 spiro atoms. The van der Waals surface area contributed by atoms with Crippen LogP contribution in [0.25, 0.3) is 0 Å². The third-order valence-corrected chi connectivity index (χ3v) is 3.30. The fourth-order valence-electron chi connectivity index (χ4n) is 1.18. The number of nitrogens with zero attached hydrogens (tertiary/aromatic N) is 1. The molecule has 2 unspecified atom stereocenters. The second-order valence-corrected chi connectivity index (χ2v) is 5.31. The van der Waals surface area contributed by atoms with Crippen LogP contribution in [0.5, 0.6) is 0 Å². The SMILES string of the molecule is CC(C(N)c1cscn1)C(C)(C)C. The van der Waals surface area contributed by atoms with Gasteiger partial charge in [0.25, 0.3) is 0 Å². The molecule has 0 fully saturated rings. The van der Waals surface area contributed by atoms with Crippen LogP contribution in [0.15, 0.2) is 10.9 Å². The second kappa shape index (κ2) is 3.76. The summed E-state index contributed by atoms with van der Waals surface area (Å²) in [6.07, 6.45) is 0. The van der Waals surface area contributed by atoms with Gasteiger partial charge in [0.2, 0.25) is 0 Å². The zero-order valence-electron chi connectivity index (χ0n) is 8.74. The Morgan fingerprint density at radius 3 is 2.46 bits per heavy atom. The molecule has 0 aliphatic heterocycles. The highest BCUT2D eigenvalue weighted by molar-refractivity contribution is 7.07. The fraction of sp³-hybridized carbons (Fsp3) is 0.700. The Bertz CT molecular complexity index is 248. The molecule has 1 heterocycles. The van der Waals surface area contributed by atoms with E-state index in [4.69, 9.17) is 5.73 Å². The maximum Gasteiger partial charge on any atom is 0.0795 e. The van der Waals surface area contributed by atoms with Crippen LogP contribution in [-0.2, 0) is 0 Å². The molecule has 2 nitrogen and oxygen atoms in total. The average Bonchev–Trinajstić information content (AvgIpc) is 2.51. The van der Waals surface area contributed by atoms with Crippen LogP contribution < -0.4 is 5.73 Å². The lowest BCUT2D eigenvalue weighted by atomic mass is 9.77. The fourth-order valence-corrected chi connectivity index (χ4v) is 1.78. The van der Waals surface area contributed by atoms with Gasteiger partial charge in [-0.15, -0.1) is 11.3 Å². The van der Waals surface area contributed by atoms with E-state index in [0.29, 0.717) is 5.92 Å². The molecule has 0 aromatic carbocycles. The highest BCUT2D eigenvalue weighted by atomic mass is 32.1. The predicted octanol–water partition coefficient (Wildman–Crippen LogP) is 2.83. The molecule has 1 aromatic rings. The summed E-state index contributed by atoms with van der Waals surface area (Å²) in [5, 5.41) is 2.03. The third-order valence-electron chi connectivity index (χ3n) is 2.70. The minimum Gasteiger partial charge on any atom is -0.322 e. The van der Waals surface area contributed by atoms with Crippen LogP contribution in [0.3, 0.4) is 0 Å². The summed E-state index contributed by atoms with van der Waals surface area (Å²) in [5.41, 5.74) is 9.21. The number of aromatic nitrogens is 1. The van der Waals surface area contributed by atoms with Crippen LogP contribution in [0.2, 0.25) is 0 Å². The standard InChI is InChI=1S/C10H18N2S/c1-7(10(2,3)4)9(11)8-5-13-6-12-8/h5-7,9H,11H2,1-4H3. The highest BCUT2D eigenvalue weighted by Crippen LogP contribution is 2.33. The molecule has 1 aromatic heterocycles. The Kier molecular flexibility index (Phi) is 3.09. The normalized spacial score (nSPS) is 17.0. The second-order valence-electron chi connectivity index (χ2n) is 4.59. The van der Waals surface area contributed by atoms with Gasteiger partial charge in [0.05, 0.1) is 17.2 Å². The number of thiazole rings is 1. The lowest BCUT2D eigenvalue weighted by Crippen LogP contribution is -2.29. The lowest BCUT2D eigenvalue weighted by Gasteiger charge is -2.31. The molecule has 1 rings (SSSR count). The largest absolute Gasteiger partial charge is 0.322 e. The Hall–Kier alpha value is -0.410. The van der Waals surface area contributed by atoms with Crippen LogP contribution in [-0.4, -0.2) is 4.98 Å². The summed E-state index contributed by atoms with van der Waals surface area (Å²) < 4.78 is 0. The van der Waals surface area contributed by atoms with Crippen molar-refractivity contribution in [2.45, 2.75) is 33.7 Å². The van der Waals surface area contributed by atoms with Crippen molar-refractivity contribution in [1.29, 1.82) is 0 Å². The minimum absolute atomic E-state index is 0.0613. The Balaban J connectivity index is 2.74. The first-order valence-corrected chi connectivity index (χ1v) is 5.51. The van der Waals surface area contributed by atoms with E-state index >= 15 is 0 Å². The zero-order chi connectivity index (χ0) is 10.1. The summed E-state index contributed by atoms with van der Waals surface area (Å²) in [5.74, 6) is 0.439. The average molecular weight is 198 g/mol. The number of hydrogen-bond acceptors (Lipinski definition) is 3.